The van der Waals surface area contributed by atoms with Crippen molar-refractivity contribution in [1.29, 1.82) is 0 Å². The van der Waals surface area contributed by atoms with Crippen LogP contribution in [0.15, 0.2) is 47.8 Å². The summed E-state index contributed by atoms with van der Waals surface area (Å²) in [5.41, 5.74) is 1.52. The number of hydrogen-bond acceptors (Lipinski definition) is 3. The van der Waals surface area contributed by atoms with E-state index >= 15 is 0 Å². The summed E-state index contributed by atoms with van der Waals surface area (Å²) in [7, 11) is 4.53. The van der Waals surface area contributed by atoms with Crippen molar-refractivity contribution in [2.24, 2.45) is 11.8 Å². The van der Waals surface area contributed by atoms with Crippen LogP contribution in [0.25, 0.3) is 0 Å². The molecule has 0 amide bonds. The van der Waals surface area contributed by atoms with Crippen LogP contribution >= 0.6 is 11.3 Å². The topological polar surface area (TPSA) is 6.48 Å². The maximum Gasteiger partial charge on any atom is 0.0464 e. The zero-order valence-electron chi connectivity index (χ0n) is 17.6. The molecule has 2 aromatic rings. The standard InChI is InChI=1S/C25H36N2S/c1-26(2)25(24-12-7-17-28-24)22-10-6-11-23(19-22)27-15-13-21(14-16-27)18-20-8-4-3-5-9-20/h3-5,7-9,12,17,21-23,25H,6,10-11,13-16,18-19H2,1-2H3. The number of likely N-dealkylation sites (tertiary alicyclic amines) is 1. The van der Waals surface area contributed by atoms with Gasteiger partial charge in [0.1, 0.15) is 0 Å². The van der Waals surface area contributed by atoms with E-state index in [1.807, 2.05) is 11.3 Å². The average molecular weight is 397 g/mol. The van der Waals surface area contributed by atoms with Crippen LogP contribution in [-0.2, 0) is 6.42 Å². The van der Waals surface area contributed by atoms with Crippen molar-refractivity contribution in [2.45, 2.75) is 57.0 Å². The molecule has 4 rings (SSSR count). The van der Waals surface area contributed by atoms with Crippen molar-refractivity contribution in [3.05, 3.63) is 58.3 Å². The summed E-state index contributed by atoms with van der Waals surface area (Å²) in [5.74, 6) is 1.67. The number of benzene rings is 1. The molecule has 0 spiro atoms. The summed E-state index contributed by atoms with van der Waals surface area (Å²) in [4.78, 5) is 6.86. The predicted octanol–water partition coefficient (Wildman–Crippen LogP) is 5.86. The molecular formula is C25H36N2S. The molecule has 2 aliphatic rings. The second-order valence-electron chi connectivity index (χ2n) is 9.17. The molecule has 0 radical (unpaired) electrons. The molecule has 28 heavy (non-hydrogen) atoms. The predicted molar refractivity (Wildman–Crippen MR) is 121 cm³/mol. The Morgan fingerprint density at radius 2 is 1.79 bits per heavy atom. The van der Waals surface area contributed by atoms with Crippen LogP contribution in [0, 0.1) is 11.8 Å². The smallest absolute Gasteiger partial charge is 0.0464 e. The summed E-state index contributed by atoms with van der Waals surface area (Å²) in [6.45, 7) is 2.61. The summed E-state index contributed by atoms with van der Waals surface area (Å²) in [6, 6.07) is 17.0. The SMILES string of the molecule is CN(C)C(c1cccs1)C1CCCC(N2CCC(Cc3ccccc3)CC2)C1. The second-order valence-corrected chi connectivity index (χ2v) is 10.2. The fraction of sp³-hybridized carbons (Fsp3) is 0.600. The number of piperidine rings is 1. The van der Waals surface area contributed by atoms with E-state index in [1.165, 1.54) is 63.6 Å². The molecule has 1 aromatic carbocycles. The van der Waals surface area contributed by atoms with Crippen LogP contribution in [0.2, 0.25) is 0 Å². The lowest BCUT2D eigenvalue weighted by molar-refractivity contribution is 0.0659. The molecule has 3 unspecified atom stereocenters. The van der Waals surface area contributed by atoms with Gasteiger partial charge >= 0.3 is 0 Å². The first-order valence-corrected chi connectivity index (χ1v) is 12.1. The molecule has 2 heterocycles. The summed E-state index contributed by atoms with van der Waals surface area (Å²) >= 11 is 1.94. The van der Waals surface area contributed by atoms with E-state index in [9.17, 15) is 0 Å². The van der Waals surface area contributed by atoms with Gasteiger partial charge in [0, 0.05) is 17.0 Å². The lowest BCUT2D eigenvalue weighted by Crippen LogP contribution is -2.45. The van der Waals surface area contributed by atoms with Gasteiger partial charge < -0.3 is 9.80 Å². The Morgan fingerprint density at radius 3 is 2.46 bits per heavy atom. The molecule has 2 fully saturated rings. The number of nitrogens with zero attached hydrogens (tertiary/aromatic N) is 2. The lowest BCUT2D eigenvalue weighted by atomic mass is 9.78. The van der Waals surface area contributed by atoms with Crippen molar-refractivity contribution in [3.63, 3.8) is 0 Å². The van der Waals surface area contributed by atoms with E-state index in [1.54, 1.807) is 4.88 Å². The van der Waals surface area contributed by atoms with E-state index in [-0.39, 0.29) is 0 Å². The number of thiophene rings is 1. The van der Waals surface area contributed by atoms with E-state index in [4.69, 9.17) is 0 Å². The van der Waals surface area contributed by atoms with Crippen LogP contribution < -0.4 is 0 Å². The Hall–Kier alpha value is -1.16. The van der Waals surface area contributed by atoms with Gasteiger partial charge in [0.25, 0.3) is 0 Å². The minimum absolute atomic E-state index is 0.596. The Morgan fingerprint density at radius 1 is 1.00 bits per heavy atom. The highest BCUT2D eigenvalue weighted by Gasteiger charge is 2.34. The normalized spacial score (nSPS) is 25.8. The minimum Gasteiger partial charge on any atom is -0.301 e. The highest BCUT2D eigenvalue weighted by Crippen LogP contribution is 2.41. The molecule has 1 saturated heterocycles. The largest absolute Gasteiger partial charge is 0.301 e. The Balaban J connectivity index is 1.33. The van der Waals surface area contributed by atoms with Gasteiger partial charge in [-0.3, -0.25) is 0 Å². The molecule has 0 bridgehead atoms. The first-order valence-electron chi connectivity index (χ1n) is 11.2. The van der Waals surface area contributed by atoms with Gasteiger partial charge in [-0.2, -0.15) is 0 Å². The van der Waals surface area contributed by atoms with Crippen LogP contribution in [0.5, 0.6) is 0 Å². The van der Waals surface area contributed by atoms with Crippen LogP contribution in [0.3, 0.4) is 0 Å². The first kappa shape index (κ1) is 20.1. The third-order valence-electron chi connectivity index (χ3n) is 7.06. The molecule has 2 nitrogen and oxygen atoms in total. The monoisotopic (exact) mass is 396 g/mol. The summed E-state index contributed by atoms with van der Waals surface area (Å²) in [6.07, 6.45) is 9.59. The molecule has 152 valence electrons. The molecule has 1 aliphatic carbocycles. The third-order valence-corrected chi connectivity index (χ3v) is 8.00. The maximum absolute atomic E-state index is 2.84. The zero-order valence-corrected chi connectivity index (χ0v) is 18.4. The fourth-order valence-electron chi connectivity index (χ4n) is 5.66. The number of rotatable bonds is 6. The van der Waals surface area contributed by atoms with E-state index in [0.717, 1.165) is 17.9 Å². The second kappa shape index (κ2) is 9.56. The van der Waals surface area contributed by atoms with Crippen molar-refractivity contribution in [3.8, 4) is 0 Å². The van der Waals surface area contributed by atoms with Crippen molar-refractivity contribution >= 4 is 11.3 Å². The molecular weight excluding hydrogens is 360 g/mol. The van der Waals surface area contributed by atoms with Crippen molar-refractivity contribution < 1.29 is 0 Å². The molecule has 3 atom stereocenters. The Bertz CT molecular complexity index is 689. The maximum atomic E-state index is 2.84. The van der Waals surface area contributed by atoms with Crippen LogP contribution in [0.4, 0.5) is 0 Å². The highest BCUT2D eigenvalue weighted by atomic mass is 32.1. The average Bonchev–Trinajstić information content (AvgIpc) is 3.24. The molecule has 1 aliphatic heterocycles. The molecule has 3 heteroatoms. The Labute approximate surface area is 175 Å². The highest BCUT2D eigenvalue weighted by molar-refractivity contribution is 7.10. The van der Waals surface area contributed by atoms with E-state index in [0.29, 0.717) is 6.04 Å². The Kier molecular flexibility index (Phi) is 6.87. The van der Waals surface area contributed by atoms with Gasteiger partial charge in [0.15, 0.2) is 0 Å². The molecule has 1 aromatic heterocycles. The fourth-order valence-corrected chi connectivity index (χ4v) is 6.67. The quantitative estimate of drug-likeness (QED) is 0.603. The van der Waals surface area contributed by atoms with Gasteiger partial charge in [-0.15, -0.1) is 11.3 Å². The zero-order chi connectivity index (χ0) is 19.3. The van der Waals surface area contributed by atoms with Gasteiger partial charge in [-0.05, 0) is 94.6 Å². The van der Waals surface area contributed by atoms with Crippen LogP contribution in [0.1, 0.15) is 55.0 Å². The summed E-state index contributed by atoms with van der Waals surface area (Å²) in [5, 5.41) is 2.24. The molecule has 0 N–H and O–H groups in total. The first-order chi connectivity index (χ1) is 13.7. The van der Waals surface area contributed by atoms with Gasteiger partial charge in [-0.25, -0.2) is 0 Å². The van der Waals surface area contributed by atoms with Crippen molar-refractivity contribution in [2.75, 3.05) is 27.2 Å². The van der Waals surface area contributed by atoms with Crippen LogP contribution in [-0.4, -0.2) is 43.0 Å². The third kappa shape index (κ3) is 4.87. The van der Waals surface area contributed by atoms with E-state index in [2.05, 4.69) is 71.7 Å². The minimum atomic E-state index is 0.596. The van der Waals surface area contributed by atoms with E-state index < -0.39 is 0 Å². The summed E-state index contributed by atoms with van der Waals surface area (Å²) < 4.78 is 0. The number of hydrogen-bond donors (Lipinski definition) is 0. The lowest BCUT2D eigenvalue weighted by Gasteiger charge is -2.44. The van der Waals surface area contributed by atoms with Crippen molar-refractivity contribution in [1.82, 2.24) is 9.80 Å². The van der Waals surface area contributed by atoms with Gasteiger partial charge in [0.2, 0.25) is 0 Å². The molecule has 1 saturated carbocycles. The van der Waals surface area contributed by atoms with Gasteiger partial charge in [-0.1, -0.05) is 42.8 Å². The van der Waals surface area contributed by atoms with Gasteiger partial charge in [0.05, 0.1) is 0 Å².